The molecular weight excluding hydrogens is 278 g/mol. The minimum atomic E-state index is -0.898. The van der Waals surface area contributed by atoms with E-state index in [0.29, 0.717) is 24.4 Å². The SMILES string of the molecule is O=C(O)[C@@H]1CCCN1C(=O)c1ccc(C2CCCCC2)cc1. The normalized spacial score (nSPS) is 22.7. The lowest BCUT2D eigenvalue weighted by Gasteiger charge is -2.23. The Morgan fingerprint density at radius 3 is 2.27 bits per heavy atom. The first-order valence-electron chi connectivity index (χ1n) is 8.30. The molecule has 1 saturated carbocycles. The number of likely N-dealkylation sites (tertiary alicyclic amines) is 1. The summed E-state index contributed by atoms with van der Waals surface area (Å²) in [5.41, 5.74) is 1.92. The molecule has 1 aromatic rings. The number of nitrogens with zero attached hydrogens (tertiary/aromatic N) is 1. The predicted molar refractivity (Wildman–Crippen MR) is 84.0 cm³/mol. The van der Waals surface area contributed by atoms with Crippen LogP contribution in [0.1, 0.15) is 66.8 Å². The van der Waals surface area contributed by atoms with Gasteiger partial charge in [0.15, 0.2) is 0 Å². The number of rotatable bonds is 3. The third-order valence-corrected chi connectivity index (χ3v) is 5.03. The van der Waals surface area contributed by atoms with Crippen LogP contribution in [0.15, 0.2) is 24.3 Å². The van der Waals surface area contributed by atoms with Gasteiger partial charge in [0, 0.05) is 12.1 Å². The topological polar surface area (TPSA) is 57.6 Å². The molecule has 1 atom stereocenters. The van der Waals surface area contributed by atoms with E-state index in [1.807, 2.05) is 12.1 Å². The van der Waals surface area contributed by atoms with Crippen molar-refractivity contribution in [1.29, 1.82) is 0 Å². The first kappa shape index (κ1) is 15.1. The number of hydrogen-bond donors (Lipinski definition) is 1. The van der Waals surface area contributed by atoms with Crippen molar-refractivity contribution in [3.05, 3.63) is 35.4 Å². The van der Waals surface area contributed by atoms with E-state index in [1.165, 1.54) is 42.6 Å². The van der Waals surface area contributed by atoms with Gasteiger partial charge in [-0.05, 0) is 49.3 Å². The number of carbonyl (C=O) groups is 2. The van der Waals surface area contributed by atoms with Gasteiger partial charge < -0.3 is 10.0 Å². The van der Waals surface area contributed by atoms with Crippen LogP contribution in [-0.2, 0) is 4.79 Å². The summed E-state index contributed by atoms with van der Waals surface area (Å²) < 4.78 is 0. The molecule has 0 bridgehead atoms. The Morgan fingerprint density at radius 2 is 1.64 bits per heavy atom. The second-order valence-electron chi connectivity index (χ2n) is 6.45. The number of hydrogen-bond acceptors (Lipinski definition) is 2. The standard InChI is InChI=1S/C18H23NO3/c20-17(19-12-4-7-16(19)18(21)22)15-10-8-14(9-11-15)13-5-2-1-3-6-13/h8-11,13,16H,1-7,12H2,(H,21,22)/t16-/m0/s1. The zero-order valence-electron chi connectivity index (χ0n) is 12.8. The van der Waals surface area contributed by atoms with Crippen molar-refractivity contribution in [3.63, 3.8) is 0 Å². The van der Waals surface area contributed by atoms with Crippen LogP contribution in [0.3, 0.4) is 0 Å². The number of carboxylic acid groups (broad SMARTS) is 1. The fraction of sp³-hybridized carbons (Fsp3) is 0.556. The molecule has 2 aliphatic rings. The van der Waals surface area contributed by atoms with Crippen LogP contribution < -0.4 is 0 Å². The summed E-state index contributed by atoms with van der Waals surface area (Å²) in [5, 5.41) is 9.20. The highest BCUT2D eigenvalue weighted by molar-refractivity contribution is 5.97. The molecule has 4 nitrogen and oxygen atoms in total. The van der Waals surface area contributed by atoms with Gasteiger partial charge in [0.1, 0.15) is 6.04 Å². The van der Waals surface area contributed by atoms with E-state index in [9.17, 15) is 14.7 Å². The van der Waals surface area contributed by atoms with Gasteiger partial charge in [-0.2, -0.15) is 0 Å². The van der Waals surface area contributed by atoms with E-state index >= 15 is 0 Å². The second kappa shape index (κ2) is 6.51. The Morgan fingerprint density at radius 1 is 0.955 bits per heavy atom. The number of carboxylic acids is 1. The minimum Gasteiger partial charge on any atom is -0.480 e. The lowest BCUT2D eigenvalue weighted by molar-refractivity contribution is -0.141. The summed E-state index contributed by atoms with van der Waals surface area (Å²) in [5.74, 6) is -0.429. The molecule has 1 saturated heterocycles. The minimum absolute atomic E-state index is 0.153. The van der Waals surface area contributed by atoms with Gasteiger partial charge in [0.2, 0.25) is 0 Å². The first-order chi connectivity index (χ1) is 10.7. The van der Waals surface area contributed by atoms with Gasteiger partial charge >= 0.3 is 5.97 Å². The summed E-state index contributed by atoms with van der Waals surface area (Å²) in [6, 6.07) is 7.17. The van der Waals surface area contributed by atoms with Gasteiger partial charge in [0.05, 0.1) is 0 Å². The first-order valence-corrected chi connectivity index (χ1v) is 8.30. The van der Waals surface area contributed by atoms with Crippen LogP contribution in [0.2, 0.25) is 0 Å². The quantitative estimate of drug-likeness (QED) is 0.930. The third kappa shape index (κ3) is 3.01. The monoisotopic (exact) mass is 301 g/mol. The average Bonchev–Trinajstić information content (AvgIpc) is 3.05. The van der Waals surface area contributed by atoms with Crippen molar-refractivity contribution in [2.45, 2.75) is 56.9 Å². The largest absolute Gasteiger partial charge is 0.480 e. The van der Waals surface area contributed by atoms with Gasteiger partial charge in [-0.25, -0.2) is 4.79 Å². The Balaban J connectivity index is 1.72. The summed E-state index contributed by atoms with van der Waals surface area (Å²) in [4.78, 5) is 25.2. The summed E-state index contributed by atoms with van der Waals surface area (Å²) >= 11 is 0. The smallest absolute Gasteiger partial charge is 0.326 e. The van der Waals surface area contributed by atoms with Gasteiger partial charge in [-0.1, -0.05) is 31.4 Å². The van der Waals surface area contributed by atoms with E-state index in [0.717, 1.165) is 6.42 Å². The Labute approximate surface area is 131 Å². The molecule has 1 aliphatic heterocycles. The molecule has 1 aliphatic carbocycles. The molecule has 0 unspecified atom stereocenters. The highest BCUT2D eigenvalue weighted by Crippen LogP contribution is 2.32. The highest BCUT2D eigenvalue weighted by Gasteiger charge is 2.34. The molecule has 2 fully saturated rings. The summed E-state index contributed by atoms with van der Waals surface area (Å²) in [6.07, 6.45) is 7.71. The molecule has 1 N–H and O–H groups in total. The van der Waals surface area contributed by atoms with E-state index in [4.69, 9.17) is 0 Å². The molecule has 0 spiro atoms. The predicted octanol–water partition coefficient (Wildman–Crippen LogP) is 3.42. The van der Waals surface area contributed by atoms with E-state index in [2.05, 4.69) is 12.1 Å². The fourth-order valence-corrected chi connectivity index (χ4v) is 3.77. The van der Waals surface area contributed by atoms with Crippen LogP contribution >= 0.6 is 0 Å². The molecule has 118 valence electrons. The molecular formula is C18H23NO3. The fourth-order valence-electron chi connectivity index (χ4n) is 3.77. The van der Waals surface area contributed by atoms with Crippen LogP contribution in [0, 0.1) is 0 Å². The highest BCUT2D eigenvalue weighted by atomic mass is 16.4. The van der Waals surface area contributed by atoms with Crippen LogP contribution in [-0.4, -0.2) is 34.5 Å². The average molecular weight is 301 g/mol. The molecule has 22 heavy (non-hydrogen) atoms. The van der Waals surface area contributed by atoms with Gasteiger partial charge in [-0.3, -0.25) is 4.79 Å². The number of amides is 1. The maximum absolute atomic E-state index is 12.5. The third-order valence-electron chi connectivity index (χ3n) is 5.03. The zero-order valence-corrected chi connectivity index (χ0v) is 12.8. The number of benzene rings is 1. The van der Waals surface area contributed by atoms with Crippen LogP contribution in [0.25, 0.3) is 0 Å². The van der Waals surface area contributed by atoms with E-state index < -0.39 is 12.0 Å². The second-order valence-corrected chi connectivity index (χ2v) is 6.45. The number of carbonyl (C=O) groups excluding carboxylic acids is 1. The van der Waals surface area contributed by atoms with Crippen molar-refractivity contribution in [1.82, 2.24) is 4.90 Å². The summed E-state index contributed by atoms with van der Waals surface area (Å²) in [6.45, 7) is 0.542. The Bertz CT molecular complexity index is 546. The van der Waals surface area contributed by atoms with E-state index in [-0.39, 0.29) is 5.91 Å². The van der Waals surface area contributed by atoms with Crippen molar-refractivity contribution in [3.8, 4) is 0 Å². The molecule has 3 rings (SSSR count). The molecule has 1 amide bonds. The van der Waals surface area contributed by atoms with Gasteiger partial charge in [0.25, 0.3) is 5.91 Å². The lowest BCUT2D eigenvalue weighted by atomic mass is 9.84. The molecule has 1 heterocycles. The van der Waals surface area contributed by atoms with Crippen molar-refractivity contribution in [2.75, 3.05) is 6.54 Å². The van der Waals surface area contributed by atoms with Crippen LogP contribution in [0.5, 0.6) is 0 Å². The molecule has 1 aromatic carbocycles. The lowest BCUT2D eigenvalue weighted by Crippen LogP contribution is -2.40. The maximum Gasteiger partial charge on any atom is 0.326 e. The Hall–Kier alpha value is -1.84. The van der Waals surface area contributed by atoms with E-state index in [1.54, 1.807) is 0 Å². The van der Waals surface area contributed by atoms with Crippen molar-refractivity contribution in [2.24, 2.45) is 0 Å². The molecule has 0 aromatic heterocycles. The Kier molecular flexibility index (Phi) is 4.46. The molecule has 0 radical (unpaired) electrons. The maximum atomic E-state index is 12.5. The van der Waals surface area contributed by atoms with Crippen LogP contribution in [0.4, 0.5) is 0 Å². The van der Waals surface area contributed by atoms with Crippen molar-refractivity contribution >= 4 is 11.9 Å². The zero-order chi connectivity index (χ0) is 15.5. The number of aliphatic carboxylic acids is 1. The van der Waals surface area contributed by atoms with Crippen molar-refractivity contribution < 1.29 is 14.7 Å². The van der Waals surface area contributed by atoms with Gasteiger partial charge in [-0.15, -0.1) is 0 Å². The molecule has 4 heteroatoms. The summed E-state index contributed by atoms with van der Waals surface area (Å²) in [7, 11) is 0.